The molecule has 1 rings (SSSR count). The normalized spacial score (nSPS) is 12.1. The predicted octanol–water partition coefficient (Wildman–Crippen LogP) is 2.88. The summed E-state index contributed by atoms with van der Waals surface area (Å²) in [7, 11) is 3.44. The second kappa shape index (κ2) is 5.41. The lowest BCUT2D eigenvalue weighted by molar-refractivity contribution is -0.129. The first-order valence-electron chi connectivity index (χ1n) is 4.84. The summed E-state index contributed by atoms with van der Waals surface area (Å²) in [4.78, 5) is 13.1. The van der Waals surface area contributed by atoms with Crippen LogP contribution in [0.25, 0.3) is 0 Å². The zero-order valence-corrected chi connectivity index (χ0v) is 10.9. The van der Waals surface area contributed by atoms with Gasteiger partial charge in [-0.1, -0.05) is 23.2 Å². The molecule has 0 spiro atoms. The zero-order chi connectivity index (χ0) is 12.3. The van der Waals surface area contributed by atoms with E-state index in [0.717, 1.165) is 5.69 Å². The van der Waals surface area contributed by atoms with E-state index in [0.29, 0.717) is 10.0 Å². The highest BCUT2D eigenvalue weighted by Crippen LogP contribution is 2.25. The van der Waals surface area contributed by atoms with Gasteiger partial charge in [0, 0.05) is 19.8 Å². The molecule has 1 atom stereocenters. The van der Waals surface area contributed by atoms with Crippen molar-refractivity contribution in [2.24, 2.45) is 0 Å². The molecule has 88 valence electrons. The van der Waals surface area contributed by atoms with Gasteiger partial charge in [0.2, 0.25) is 5.91 Å². The van der Waals surface area contributed by atoms with Gasteiger partial charge in [-0.2, -0.15) is 0 Å². The van der Waals surface area contributed by atoms with Gasteiger partial charge in [0.25, 0.3) is 0 Å². The molecule has 16 heavy (non-hydrogen) atoms. The largest absolute Gasteiger partial charge is 0.374 e. The van der Waals surface area contributed by atoms with Crippen molar-refractivity contribution in [2.45, 2.75) is 13.0 Å². The van der Waals surface area contributed by atoms with Crippen molar-refractivity contribution in [3.63, 3.8) is 0 Å². The summed E-state index contributed by atoms with van der Waals surface area (Å²) in [5.41, 5.74) is 0.775. The van der Waals surface area contributed by atoms with Crippen LogP contribution >= 0.6 is 23.2 Å². The first-order chi connectivity index (χ1) is 7.41. The molecular formula is C11H14Cl2N2O. The molecule has 0 bridgehead atoms. The molecule has 1 aromatic carbocycles. The summed E-state index contributed by atoms with van der Waals surface area (Å²) in [5, 5.41) is 4.02. The molecule has 0 aliphatic carbocycles. The Bertz CT molecular complexity index is 394. The Morgan fingerprint density at radius 1 is 1.31 bits per heavy atom. The van der Waals surface area contributed by atoms with E-state index in [1.165, 1.54) is 4.90 Å². The van der Waals surface area contributed by atoms with Crippen molar-refractivity contribution in [1.29, 1.82) is 0 Å². The molecule has 0 aromatic heterocycles. The number of anilines is 1. The second-order valence-electron chi connectivity index (χ2n) is 3.73. The van der Waals surface area contributed by atoms with E-state index < -0.39 is 0 Å². The lowest BCUT2D eigenvalue weighted by atomic mass is 10.2. The standard InChI is InChI=1S/C11H14Cl2N2O/c1-7(11(16)15(2)3)14-8-4-5-9(12)10(13)6-8/h4-7,14H,1-3H3. The molecule has 0 saturated carbocycles. The fourth-order valence-corrected chi connectivity index (χ4v) is 1.58. The number of likely N-dealkylation sites (N-methyl/N-ethyl adjacent to an activating group) is 1. The number of carbonyl (C=O) groups is 1. The highest BCUT2D eigenvalue weighted by atomic mass is 35.5. The fourth-order valence-electron chi connectivity index (χ4n) is 1.28. The van der Waals surface area contributed by atoms with E-state index in [1.807, 2.05) is 0 Å². The maximum atomic E-state index is 11.6. The van der Waals surface area contributed by atoms with Crippen LogP contribution in [0.5, 0.6) is 0 Å². The molecule has 0 saturated heterocycles. The molecule has 0 fully saturated rings. The molecule has 1 amide bonds. The van der Waals surface area contributed by atoms with Gasteiger partial charge in [-0.05, 0) is 25.1 Å². The van der Waals surface area contributed by atoms with Crippen LogP contribution in [-0.4, -0.2) is 30.9 Å². The molecule has 3 nitrogen and oxygen atoms in total. The van der Waals surface area contributed by atoms with Gasteiger partial charge in [0.05, 0.1) is 10.0 Å². The fraction of sp³-hybridized carbons (Fsp3) is 0.364. The number of nitrogens with one attached hydrogen (secondary N) is 1. The topological polar surface area (TPSA) is 32.3 Å². The minimum absolute atomic E-state index is 0.00562. The lowest BCUT2D eigenvalue weighted by Crippen LogP contribution is -2.36. The van der Waals surface area contributed by atoms with Crippen molar-refractivity contribution in [1.82, 2.24) is 4.90 Å². The smallest absolute Gasteiger partial charge is 0.244 e. The van der Waals surface area contributed by atoms with Gasteiger partial charge in [0.15, 0.2) is 0 Å². The van der Waals surface area contributed by atoms with E-state index in [2.05, 4.69) is 5.32 Å². The predicted molar refractivity (Wildman–Crippen MR) is 68.2 cm³/mol. The summed E-state index contributed by atoms with van der Waals surface area (Å²) in [6.45, 7) is 1.80. The van der Waals surface area contributed by atoms with Crippen LogP contribution in [0.2, 0.25) is 10.0 Å². The molecule has 0 aliphatic rings. The first kappa shape index (κ1) is 13.1. The van der Waals surface area contributed by atoms with Gasteiger partial charge >= 0.3 is 0 Å². The summed E-state index contributed by atoms with van der Waals surface area (Å²) in [6.07, 6.45) is 0. The summed E-state index contributed by atoms with van der Waals surface area (Å²) >= 11 is 11.7. The number of halogens is 2. The van der Waals surface area contributed by atoms with Crippen molar-refractivity contribution in [3.8, 4) is 0 Å². The molecule has 0 heterocycles. The first-order valence-corrected chi connectivity index (χ1v) is 5.60. The summed E-state index contributed by atoms with van der Waals surface area (Å²) < 4.78 is 0. The Hall–Kier alpha value is -0.930. The van der Waals surface area contributed by atoms with E-state index in [1.54, 1.807) is 39.2 Å². The van der Waals surface area contributed by atoms with Crippen LogP contribution in [-0.2, 0) is 4.79 Å². The Morgan fingerprint density at radius 2 is 1.94 bits per heavy atom. The molecule has 0 radical (unpaired) electrons. The average Bonchev–Trinajstić information content (AvgIpc) is 2.22. The minimum Gasteiger partial charge on any atom is -0.374 e. The zero-order valence-electron chi connectivity index (χ0n) is 9.42. The van der Waals surface area contributed by atoms with Crippen LogP contribution in [0, 0.1) is 0 Å². The number of nitrogens with zero attached hydrogens (tertiary/aromatic N) is 1. The SMILES string of the molecule is CC(Nc1ccc(Cl)c(Cl)c1)C(=O)N(C)C. The monoisotopic (exact) mass is 260 g/mol. The Morgan fingerprint density at radius 3 is 2.44 bits per heavy atom. The number of carbonyl (C=O) groups excluding carboxylic acids is 1. The molecule has 5 heteroatoms. The van der Waals surface area contributed by atoms with Crippen molar-refractivity contribution < 1.29 is 4.79 Å². The number of hydrogen-bond donors (Lipinski definition) is 1. The molecule has 1 N–H and O–H groups in total. The number of rotatable bonds is 3. The second-order valence-corrected chi connectivity index (χ2v) is 4.54. The maximum absolute atomic E-state index is 11.6. The summed E-state index contributed by atoms with van der Waals surface area (Å²) in [6, 6.07) is 4.88. The average molecular weight is 261 g/mol. The number of benzene rings is 1. The van der Waals surface area contributed by atoms with Gasteiger partial charge in [-0.3, -0.25) is 4.79 Å². The Labute approximate surface area is 105 Å². The minimum atomic E-state index is -0.299. The number of amides is 1. The van der Waals surface area contributed by atoms with Gasteiger partial charge < -0.3 is 10.2 Å². The Balaban J connectivity index is 2.73. The van der Waals surface area contributed by atoms with Gasteiger partial charge in [0.1, 0.15) is 6.04 Å². The highest BCUT2D eigenvalue weighted by molar-refractivity contribution is 6.42. The molecule has 1 unspecified atom stereocenters. The third kappa shape index (κ3) is 3.29. The third-order valence-corrected chi connectivity index (χ3v) is 2.85. The molecule has 1 aromatic rings. The molecule has 0 aliphatic heterocycles. The molecular weight excluding hydrogens is 247 g/mol. The van der Waals surface area contributed by atoms with E-state index in [4.69, 9.17) is 23.2 Å². The van der Waals surface area contributed by atoms with E-state index in [-0.39, 0.29) is 11.9 Å². The Kier molecular flexibility index (Phi) is 4.44. The van der Waals surface area contributed by atoms with Crippen LogP contribution < -0.4 is 5.32 Å². The quantitative estimate of drug-likeness (QED) is 0.907. The number of hydrogen-bond acceptors (Lipinski definition) is 2. The van der Waals surface area contributed by atoms with Crippen molar-refractivity contribution >= 4 is 34.8 Å². The van der Waals surface area contributed by atoms with Crippen LogP contribution in [0.15, 0.2) is 18.2 Å². The van der Waals surface area contributed by atoms with E-state index >= 15 is 0 Å². The van der Waals surface area contributed by atoms with Crippen LogP contribution in [0.3, 0.4) is 0 Å². The van der Waals surface area contributed by atoms with Crippen LogP contribution in [0.1, 0.15) is 6.92 Å². The van der Waals surface area contributed by atoms with Crippen molar-refractivity contribution in [3.05, 3.63) is 28.2 Å². The van der Waals surface area contributed by atoms with Crippen LogP contribution in [0.4, 0.5) is 5.69 Å². The van der Waals surface area contributed by atoms with Gasteiger partial charge in [-0.15, -0.1) is 0 Å². The van der Waals surface area contributed by atoms with E-state index in [9.17, 15) is 4.79 Å². The van der Waals surface area contributed by atoms with Gasteiger partial charge in [-0.25, -0.2) is 0 Å². The van der Waals surface area contributed by atoms with Crippen molar-refractivity contribution in [2.75, 3.05) is 19.4 Å². The maximum Gasteiger partial charge on any atom is 0.244 e. The third-order valence-electron chi connectivity index (χ3n) is 2.11. The lowest BCUT2D eigenvalue weighted by Gasteiger charge is -2.19. The highest BCUT2D eigenvalue weighted by Gasteiger charge is 2.14. The summed E-state index contributed by atoms with van der Waals surface area (Å²) in [5.74, 6) is 0.00562.